The maximum atomic E-state index is 14.4. The van der Waals surface area contributed by atoms with Crippen molar-refractivity contribution in [2.75, 3.05) is 36.0 Å². The summed E-state index contributed by atoms with van der Waals surface area (Å²) in [5, 5.41) is 1.66. The molecule has 5 aromatic heterocycles. The van der Waals surface area contributed by atoms with Crippen molar-refractivity contribution in [2.45, 2.75) is 52.4 Å². The Morgan fingerprint density at radius 2 is 0.938 bits per heavy atom. The molecule has 0 aliphatic carbocycles. The second-order valence-electron chi connectivity index (χ2n) is 13.1. The molecule has 242 valence electrons. The lowest BCUT2D eigenvalue weighted by Crippen LogP contribution is -2.35. The Hall–Kier alpha value is -4.61. The predicted molar refractivity (Wildman–Crippen MR) is 198 cm³/mol. The summed E-state index contributed by atoms with van der Waals surface area (Å²) in [7, 11) is 0. The van der Waals surface area contributed by atoms with E-state index in [0.29, 0.717) is 32.3 Å². The average molecular weight is 674 g/mol. The van der Waals surface area contributed by atoms with Crippen molar-refractivity contribution in [3.05, 3.63) is 86.4 Å². The number of piperidine rings is 2. The highest BCUT2D eigenvalue weighted by Crippen LogP contribution is 2.39. The molecule has 2 aliphatic rings. The summed E-state index contributed by atoms with van der Waals surface area (Å²) in [5.74, 6) is 1.36. The minimum absolute atomic E-state index is 0.0767. The lowest BCUT2D eigenvalue weighted by atomic mass is 10.1. The fourth-order valence-electron chi connectivity index (χ4n) is 7.17. The van der Waals surface area contributed by atoms with Crippen LogP contribution in [0.4, 0.5) is 11.9 Å². The predicted octanol–water partition coefficient (Wildman–Crippen LogP) is 7.51. The number of aryl methyl sites for hydroxylation is 2. The fraction of sp³-hybridized carbons (Fsp3) is 0.324. The third-order valence-corrected chi connectivity index (χ3v) is 11.9. The molecule has 2 aromatic carbocycles. The number of fused-ring (bicyclic) bond motifs is 6. The van der Waals surface area contributed by atoms with E-state index in [4.69, 9.17) is 15.0 Å². The molecule has 0 radical (unpaired) electrons. The quantitative estimate of drug-likeness (QED) is 0.191. The molecule has 0 saturated carbocycles. The van der Waals surface area contributed by atoms with Gasteiger partial charge >= 0.3 is 0 Å². The van der Waals surface area contributed by atoms with Crippen LogP contribution >= 0.6 is 22.7 Å². The molecule has 0 spiro atoms. The van der Waals surface area contributed by atoms with Crippen LogP contribution in [0.2, 0.25) is 0 Å². The van der Waals surface area contributed by atoms with Gasteiger partial charge in [0, 0.05) is 37.0 Å². The number of hydrogen-bond donors (Lipinski definition) is 0. The van der Waals surface area contributed by atoms with Crippen LogP contribution in [0.3, 0.4) is 0 Å². The summed E-state index contributed by atoms with van der Waals surface area (Å²) in [6.45, 7) is 7.55. The summed E-state index contributed by atoms with van der Waals surface area (Å²) in [4.78, 5) is 50.3. The molecule has 0 bridgehead atoms. The lowest BCUT2D eigenvalue weighted by molar-refractivity contribution is 0.563. The minimum Gasteiger partial charge on any atom is -0.342 e. The zero-order valence-electron chi connectivity index (χ0n) is 27.0. The molecule has 0 unspecified atom stereocenters. The van der Waals surface area contributed by atoms with Crippen molar-refractivity contribution >= 4 is 75.4 Å². The lowest BCUT2D eigenvalue weighted by Gasteiger charge is -2.29. The molecule has 2 fully saturated rings. The Labute approximate surface area is 284 Å². The van der Waals surface area contributed by atoms with Gasteiger partial charge in [-0.15, -0.1) is 22.7 Å². The number of thiophene rings is 2. The van der Waals surface area contributed by atoms with E-state index >= 15 is 0 Å². The number of hydrogen-bond acceptors (Lipinski definition) is 9. The number of anilines is 2. The van der Waals surface area contributed by atoms with E-state index in [1.807, 2.05) is 48.5 Å². The Morgan fingerprint density at radius 1 is 0.542 bits per heavy atom. The summed E-state index contributed by atoms with van der Waals surface area (Å²) >= 11 is 2.76. The topological polar surface area (TPSA) is 89.2 Å². The maximum Gasteiger partial charge on any atom is 0.277 e. The van der Waals surface area contributed by atoms with Gasteiger partial charge in [-0.2, -0.15) is 0 Å². The number of pyridine rings is 1. The van der Waals surface area contributed by atoms with E-state index in [1.165, 1.54) is 35.5 Å². The molecule has 2 aliphatic heterocycles. The molecular weight excluding hydrogens is 639 g/mol. The van der Waals surface area contributed by atoms with Crippen LogP contribution in [-0.2, 0) is 0 Å². The zero-order chi connectivity index (χ0) is 32.5. The van der Waals surface area contributed by atoms with Crippen LogP contribution in [0.15, 0.2) is 64.2 Å². The summed E-state index contributed by atoms with van der Waals surface area (Å²) in [6, 6.07) is 18.2. The summed E-state index contributed by atoms with van der Waals surface area (Å²) in [6.07, 6.45) is 6.64. The van der Waals surface area contributed by atoms with Crippen molar-refractivity contribution in [1.82, 2.24) is 24.1 Å². The van der Waals surface area contributed by atoms with E-state index in [0.717, 1.165) is 94.8 Å². The van der Waals surface area contributed by atoms with Gasteiger partial charge in [0.15, 0.2) is 0 Å². The normalized spacial score (nSPS) is 15.8. The van der Waals surface area contributed by atoms with Gasteiger partial charge in [0.05, 0.1) is 11.4 Å². The first kappa shape index (κ1) is 29.5. The molecule has 9 rings (SSSR count). The van der Waals surface area contributed by atoms with Crippen LogP contribution in [0, 0.1) is 13.8 Å². The molecule has 7 heterocycles. The largest absolute Gasteiger partial charge is 0.342 e. The third kappa shape index (κ3) is 4.74. The molecular formula is C37H35N7O2S2. The van der Waals surface area contributed by atoms with Crippen LogP contribution in [0.25, 0.3) is 52.2 Å². The second kappa shape index (κ2) is 11.5. The number of aromatic nitrogens is 5. The van der Waals surface area contributed by atoms with Gasteiger partial charge in [-0.05, 0) is 82.7 Å². The second-order valence-corrected chi connectivity index (χ2v) is 15.1. The molecule has 2 saturated heterocycles. The molecule has 7 aromatic rings. The van der Waals surface area contributed by atoms with E-state index in [9.17, 15) is 9.59 Å². The van der Waals surface area contributed by atoms with Gasteiger partial charge in [0.25, 0.3) is 11.1 Å². The minimum atomic E-state index is -0.0767. The first-order chi connectivity index (χ1) is 23.4. The SMILES string of the molecule is Cc1ccc(-n2c(N3CCCCC3)nc3c(sc4nc5sc6c(=O)n(-c7ccc(C)cc7)c(N7CCCCC7)nc6c5cc43)c2=O)cc1. The van der Waals surface area contributed by atoms with Crippen molar-refractivity contribution < 1.29 is 0 Å². The molecule has 0 amide bonds. The Balaban J connectivity index is 1.30. The van der Waals surface area contributed by atoms with Crippen molar-refractivity contribution in [3.63, 3.8) is 0 Å². The molecule has 0 N–H and O–H groups in total. The number of rotatable bonds is 4. The molecule has 48 heavy (non-hydrogen) atoms. The van der Waals surface area contributed by atoms with Crippen LogP contribution < -0.4 is 20.9 Å². The van der Waals surface area contributed by atoms with Crippen LogP contribution in [0.5, 0.6) is 0 Å². The average Bonchev–Trinajstić information content (AvgIpc) is 3.67. The van der Waals surface area contributed by atoms with E-state index in [-0.39, 0.29) is 11.1 Å². The van der Waals surface area contributed by atoms with E-state index in [1.54, 1.807) is 9.13 Å². The van der Waals surface area contributed by atoms with Gasteiger partial charge in [0.1, 0.15) is 30.1 Å². The first-order valence-electron chi connectivity index (χ1n) is 16.8. The van der Waals surface area contributed by atoms with Gasteiger partial charge in [0.2, 0.25) is 11.9 Å². The summed E-state index contributed by atoms with van der Waals surface area (Å²) < 4.78 is 4.73. The van der Waals surface area contributed by atoms with E-state index < -0.39 is 0 Å². The van der Waals surface area contributed by atoms with Gasteiger partial charge in [-0.1, -0.05) is 35.4 Å². The van der Waals surface area contributed by atoms with Crippen LogP contribution in [-0.4, -0.2) is 50.3 Å². The van der Waals surface area contributed by atoms with E-state index in [2.05, 4.69) is 29.7 Å². The van der Waals surface area contributed by atoms with Gasteiger partial charge in [-0.3, -0.25) is 9.59 Å². The molecule has 9 nitrogen and oxygen atoms in total. The number of benzene rings is 2. The standard InChI is InChI=1S/C37H35N7O2S2/c1-22-9-13-24(14-10-22)43-34(45)30-28(38-36(43)41-17-5-3-6-18-41)26-21-27-29-31(48-33(27)40-32(26)47-30)35(46)44(25-15-11-23(2)12-16-25)37(39-29)42-19-7-4-8-20-42/h9-16,21H,3-8,17-20H2,1-2H3. The highest BCUT2D eigenvalue weighted by Gasteiger charge is 2.26. The maximum absolute atomic E-state index is 14.4. The first-order valence-corrected chi connectivity index (χ1v) is 18.5. The summed E-state index contributed by atoms with van der Waals surface area (Å²) in [5.41, 5.74) is 5.10. The molecule has 11 heteroatoms. The van der Waals surface area contributed by atoms with Crippen molar-refractivity contribution in [1.29, 1.82) is 0 Å². The van der Waals surface area contributed by atoms with Crippen molar-refractivity contribution in [3.8, 4) is 11.4 Å². The zero-order valence-corrected chi connectivity index (χ0v) is 28.7. The number of nitrogens with zero attached hydrogens (tertiary/aromatic N) is 7. The molecule has 0 atom stereocenters. The van der Waals surface area contributed by atoms with Gasteiger partial charge in [-0.25, -0.2) is 24.1 Å². The van der Waals surface area contributed by atoms with Gasteiger partial charge < -0.3 is 9.80 Å². The highest BCUT2D eigenvalue weighted by atomic mass is 32.1. The highest BCUT2D eigenvalue weighted by molar-refractivity contribution is 7.27. The Kier molecular flexibility index (Phi) is 7.09. The van der Waals surface area contributed by atoms with Crippen molar-refractivity contribution in [2.24, 2.45) is 0 Å². The third-order valence-electron chi connectivity index (χ3n) is 9.77. The smallest absolute Gasteiger partial charge is 0.277 e. The Morgan fingerprint density at radius 3 is 1.33 bits per heavy atom. The Bertz CT molecular complexity index is 2310. The monoisotopic (exact) mass is 673 g/mol. The fourth-order valence-corrected chi connectivity index (χ4v) is 9.28. The van der Waals surface area contributed by atoms with Crippen LogP contribution in [0.1, 0.15) is 49.7 Å².